The SMILES string of the molecule is CCOC(CN(C(=O)OC(F)(F)F)c1cccc(OC(F)(F)F)c1)OCC. The number of alkyl halides is 6. The third kappa shape index (κ3) is 8.82. The standard InChI is InChI=1S/C15H17F6NO5/c1-3-24-12(25-4-2)9-22(13(23)27-15(19,20)21)10-6-5-7-11(8-10)26-14(16,17)18/h5-8,12H,3-4,9H2,1-2H3. The van der Waals surface area contributed by atoms with Crippen LogP contribution in [-0.2, 0) is 14.2 Å². The lowest BCUT2D eigenvalue weighted by atomic mass is 10.2. The molecule has 27 heavy (non-hydrogen) atoms. The molecule has 12 heteroatoms. The molecule has 0 atom stereocenters. The summed E-state index contributed by atoms with van der Waals surface area (Å²) >= 11 is 0. The van der Waals surface area contributed by atoms with Gasteiger partial charge in [-0.1, -0.05) is 6.07 Å². The molecule has 1 amide bonds. The van der Waals surface area contributed by atoms with Crippen molar-refractivity contribution in [1.82, 2.24) is 0 Å². The molecular formula is C15H17F6NO5. The maximum Gasteiger partial charge on any atom is 0.576 e. The zero-order valence-corrected chi connectivity index (χ0v) is 14.3. The predicted octanol–water partition coefficient (Wildman–Crippen LogP) is 4.45. The molecule has 154 valence electrons. The normalized spacial score (nSPS) is 12.2. The number of rotatable bonds is 8. The Kier molecular flexibility index (Phi) is 8.16. The van der Waals surface area contributed by atoms with Crippen LogP contribution >= 0.6 is 0 Å². The van der Waals surface area contributed by atoms with Crippen molar-refractivity contribution >= 4 is 11.8 Å². The molecule has 1 aromatic rings. The Bertz CT molecular complexity index is 601. The van der Waals surface area contributed by atoms with Crippen LogP contribution in [0.4, 0.5) is 36.8 Å². The molecule has 0 bridgehead atoms. The number of nitrogens with zero attached hydrogens (tertiary/aromatic N) is 1. The lowest BCUT2D eigenvalue weighted by molar-refractivity contribution is -0.290. The Morgan fingerprint density at radius 1 is 1.04 bits per heavy atom. The average molecular weight is 405 g/mol. The molecule has 6 nitrogen and oxygen atoms in total. The zero-order valence-electron chi connectivity index (χ0n) is 14.3. The molecule has 0 aromatic heterocycles. The van der Waals surface area contributed by atoms with E-state index in [0.717, 1.165) is 24.3 Å². The van der Waals surface area contributed by atoms with Crippen molar-refractivity contribution in [2.45, 2.75) is 32.9 Å². The van der Waals surface area contributed by atoms with E-state index in [1.807, 2.05) is 0 Å². The maximum absolute atomic E-state index is 12.4. The number of hydrogen-bond donors (Lipinski definition) is 0. The van der Waals surface area contributed by atoms with E-state index in [4.69, 9.17) is 9.47 Å². The minimum atomic E-state index is -5.29. The Hall–Kier alpha value is -2.21. The molecule has 0 heterocycles. The number of carbonyl (C=O) groups excluding carboxylic acids is 1. The van der Waals surface area contributed by atoms with E-state index in [0.29, 0.717) is 4.90 Å². The summed E-state index contributed by atoms with van der Waals surface area (Å²) in [6, 6.07) is 3.84. The van der Waals surface area contributed by atoms with Crippen molar-refractivity contribution in [3.8, 4) is 5.75 Å². The molecular weight excluding hydrogens is 388 g/mol. The van der Waals surface area contributed by atoms with Crippen LogP contribution in [0.15, 0.2) is 24.3 Å². The topological polar surface area (TPSA) is 57.2 Å². The second kappa shape index (κ2) is 9.65. The van der Waals surface area contributed by atoms with Crippen molar-refractivity contribution in [2.75, 3.05) is 24.7 Å². The molecule has 0 spiro atoms. The quantitative estimate of drug-likeness (QED) is 0.473. The molecule has 0 saturated carbocycles. The van der Waals surface area contributed by atoms with Gasteiger partial charge < -0.3 is 18.9 Å². The number of halogens is 6. The minimum Gasteiger partial charge on any atom is -0.406 e. The third-order valence-corrected chi connectivity index (χ3v) is 2.82. The van der Waals surface area contributed by atoms with E-state index in [1.54, 1.807) is 13.8 Å². The number of benzene rings is 1. The lowest BCUT2D eigenvalue weighted by Gasteiger charge is -2.27. The van der Waals surface area contributed by atoms with Crippen molar-refractivity contribution in [3.63, 3.8) is 0 Å². The highest BCUT2D eigenvalue weighted by Gasteiger charge is 2.37. The first kappa shape index (κ1) is 22.8. The number of anilines is 1. The van der Waals surface area contributed by atoms with Gasteiger partial charge in [-0.3, -0.25) is 4.90 Å². The molecule has 0 saturated heterocycles. The molecule has 0 aliphatic carbocycles. The first-order chi connectivity index (χ1) is 12.4. The van der Waals surface area contributed by atoms with E-state index >= 15 is 0 Å². The van der Waals surface area contributed by atoms with Gasteiger partial charge in [-0.05, 0) is 26.0 Å². The van der Waals surface area contributed by atoms with Gasteiger partial charge in [0.15, 0.2) is 6.29 Å². The minimum absolute atomic E-state index is 0.115. The highest BCUT2D eigenvalue weighted by Crippen LogP contribution is 2.28. The van der Waals surface area contributed by atoms with Gasteiger partial charge >= 0.3 is 18.8 Å². The van der Waals surface area contributed by atoms with Crippen molar-refractivity contribution in [2.24, 2.45) is 0 Å². The van der Waals surface area contributed by atoms with Gasteiger partial charge in [-0.2, -0.15) is 0 Å². The fourth-order valence-corrected chi connectivity index (χ4v) is 1.96. The van der Waals surface area contributed by atoms with Crippen LogP contribution in [0.2, 0.25) is 0 Å². The molecule has 0 aliphatic heterocycles. The van der Waals surface area contributed by atoms with Gasteiger partial charge in [0.05, 0.1) is 12.2 Å². The van der Waals surface area contributed by atoms with E-state index in [9.17, 15) is 31.1 Å². The highest BCUT2D eigenvalue weighted by atomic mass is 19.4. The average Bonchev–Trinajstić information content (AvgIpc) is 2.49. The van der Waals surface area contributed by atoms with Crippen LogP contribution in [0, 0.1) is 0 Å². The molecule has 0 N–H and O–H groups in total. The molecule has 0 radical (unpaired) electrons. The molecule has 0 unspecified atom stereocenters. The largest absolute Gasteiger partial charge is 0.576 e. The second-order valence-electron chi connectivity index (χ2n) is 4.81. The summed E-state index contributed by atoms with van der Waals surface area (Å²) in [5.74, 6) is -0.728. The van der Waals surface area contributed by atoms with Crippen LogP contribution in [-0.4, -0.2) is 44.9 Å². The van der Waals surface area contributed by atoms with Crippen molar-refractivity contribution < 1.29 is 50.1 Å². The van der Waals surface area contributed by atoms with E-state index in [2.05, 4.69) is 9.47 Å². The summed E-state index contributed by atoms with van der Waals surface area (Å²) in [6.07, 6.45) is -13.3. The van der Waals surface area contributed by atoms with Crippen LogP contribution in [0.25, 0.3) is 0 Å². The maximum atomic E-state index is 12.4. The summed E-state index contributed by atoms with van der Waals surface area (Å²) in [4.78, 5) is 12.3. The molecule has 1 aromatic carbocycles. The van der Waals surface area contributed by atoms with Gasteiger partial charge in [-0.25, -0.2) is 4.79 Å². The Balaban J connectivity index is 3.16. The third-order valence-electron chi connectivity index (χ3n) is 2.82. The Morgan fingerprint density at radius 3 is 2.11 bits per heavy atom. The first-order valence-corrected chi connectivity index (χ1v) is 7.61. The smallest absolute Gasteiger partial charge is 0.406 e. The highest BCUT2D eigenvalue weighted by molar-refractivity contribution is 5.88. The summed E-state index contributed by atoms with van der Waals surface area (Å²) in [5.41, 5.74) is -0.338. The van der Waals surface area contributed by atoms with E-state index in [1.165, 1.54) is 0 Å². The summed E-state index contributed by atoms with van der Waals surface area (Å²) in [7, 11) is 0. The number of hydrogen-bond acceptors (Lipinski definition) is 5. The number of carbonyl (C=O) groups is 1. The fourth-order valence-electron chi connectivity index (χ4n) is 1.96. The second-order valence-corrected chi connectivity index (χ2v) is 4.81. The van der Waals surface area contributed by atoms with Crippen LogP contribution in [0.5, 0.6) is 5.75 Å². The van der Waals surface area contributed by atoms with Gasteiger partial charge in [-0.15, -0.1) is 26.3 Å². The van der Waals surface area contributed by atoms with E-state index in [-0.39, 0.29) is 18.9 Å². The van der Waals surface area contributed by atoms with E-state index < -0.39 is 37.4 Å². The van der Waals surface area contributed by atoms with Crippen LogP contribution < -0.4 is 9.64 Å². The summed E-state index contributed by atoms with van der Waals surface area (Å²) < 4.78 is 91.7. The Morgan fingerprint density at radius 2 is 1.63 bits per heavy atom. The monoisotopic (exact) mass is 405 g/mol. The number of ether oxygens (including phenoxy) is 4. The Labute approximate surface area is 150 Å². The van der Waals surface area contributed by atoms with Gasteiger partial charge in [0, 0.05) is 19.3 Å². The van der Waals surface area contributed by atoms with Gasteiger partial charge in [0.1, 0.15) is 5.75 Å². The fraction of sp³-hybridized carbons (Fsp3) is 0.533. The molecule has 0 fully saturated rings. The predicted molar refractivity (Wildman–Crippen MR) is 80.0 cm³/mol. The molecule has 0 aliphatic rings. The van der Waals surface area contributed by atoms with Crippen LogP contribution in [0.1, 0.15) is 13.8 Å². The van der Waals surface area contributed by atoms with Crippen LogP contribution in [0.3, 0.4) is 0 Å². The first-order valence-electron chi connectivity index (χ1n) is 7.61. The zero-order chi connectivity index (χ0) is 20.7. The number of amides is 1. The van der Waals surface area contributed by atoms with Crippen molar-refractivity contribution in [1.29, 1.82) is 0 Å². The van der Waals surface area contributed by atoms with Crippen molar-refractivity contribution in [3.05, 3.63) is 24.3 Å². The summed E-state index contributed by atoms with van der Waals surface area (Å²) in [6.45, 7) is 2.84. The van der Waals surface area contributed by atoms with Gasteiger partial charge in [0.2, 0.25) is 0 Å². The summed E-state index contributed by atoms with van der Waals surface area (Å²) in [5, 5.41) is 0. The van der Waals surface area contributed by atoms with Gasteiger partial charge in [0.25, 0.3) is 0 Å². The lowest BCUT2D eigenvalue weighted by Crippen LogP contribution is -2.42. The molecule has 1 rings (SSSR count).